The second kappa shape index (κ2) is 6.09. The second-order valence-corrected chi connectivity index (χ2v) is 5.59. The molecular weight excluding hydrogens is 280 g/mol. The van der Waals surface area contributed by atoms with Gasteiger partial charge in [0.05, 0.1) is 6.04 Å². The zero-order chi connectivity index (χ0) is 15.5. The Bertz CT molecular complexity index is 707. The molecule has 1 atom stereocenters. The number of nitrogens with one attached hydrogen (secondary N) is 3. The summed E-state index contributed by atoms with van der Waals surface area (Å²) < 4.78 is 2.20. The molecule has 0 radical (unpaired) electrons. The molecule has 3 N–H and O–H groups in total. The van der Waals surface area contributed by atoms with Gasteiger partial charge in [-0.3, -0.25) is 4.79 Å². The van der Waals surface area contributed by atoms with E-state index in [0.717, 1.165) is 24.0 Å². The minimum Gasteiger partial charge on any atom is -0.354 e. The lowest BCUT2D eigenvalue weighted by Crippen LogP contribution is -2.39. The predicted molar refractivity (Wildman–Crippen MR) is 85.8 cm³/mol. The Morgan fingerprint density at radius 2 is 2.27 bits per heavy atom. The average Bonchev–Trinajstić information content (AvgIpc) is 3.06. The summed E-state index contributed by atoms with van der Waals surface area (Å²) in [7, 11) is 0. The van der Waals surface area contributed by atoms with Gasteiger partial charge in [-0.05, 0) is 30.7 Å². The fourth-order valence-corrected chi connectivity index (χ4v) is 2.77. The monoisotopic (exact) mass is 300 g/mol. The number of hydrogen-bond acceptors (Lipinski definition) is 2. The molecule has 116 valence electrons. The van der Waals surface area contributed by atoms with E-state index in [4.69, 9.17) is 0 Å². The number of aryl methyl sites for hydroxylation is 1. The summed E-state index contributed by atoms with van der Waals surface area (Å²) in [5.74, 6) is -0.0241. The number of urea groups is 1. The molecule has 0 aliphatic carbocycles. The van der Waals surface area contributed by atoms with E-state index in [9.17, 15) is 9.59 Å². The molecule has 3 amide bonds. The summed E-state index contributed by atoms with van der Waals surface area (Å²) in [6.07, 6.45) is 3.49. The molecule has 2 aromatic rings. The van der Waals surface area contributed by atoms with Crippen LogP contribution in [0.15, 0.2) is 30.5 Å². The van der Waals surface area contributed by atoms with Crippen molar-refractivity contribution in [1.29, 1.82) is 0 Å². The zero-order valence-electron chi connectivity index (χ0n) is 12.6. The number of benzene rings is 1. The van der Waals surface area contributed by atoms with Crippen LogP contribution in [0, 0.1) is 0 Å². The van der Waals surface area contributed by atoms with Crippen molar-refractivity contribution in [3.8, 4) is 0 Å². The molecule has 2 heterocycles. The van der Waals surface area contributed by atoms with Gasteiger partial charge in [-0.1, -0.05) is 6.92 Å². The highest BCUT2D eigenvalue weighted by atomic mass is 16.2. The van der Waals surface area contributed by atoms with Crippen molar-refractivity contribution in [2.75, 3.05) is 11.9 Å². The number of aromatic nitrogens is 1. The van der Waals surface area contributed by atoms with Crippen molar-refractivity contribution in [2.24, 2.45) is 0 Å². The number of hydrogen-bond donors (Lipinski definition) is 3. The number of amides is 3. The molecule has 1 aliphatic heterocycles. The molecule has 22 heavy (non-hydrogen) atoms. The quantitative estimate of drug-likeness (QED) is 0.808. The summed E-state index contributed by atoms with van der Waals surface area (Å²) >= 11 is 0. The maximum Gasteiger partial charge on any atom is 0.319 e. The lowest BCUT2D eigenvalue weighted by atomic mass is 10.2. The molecule has 1 aromatic heterocycles. The largest absolute Gasteiger partial charge is 0.354 e. The summed E-state index contributed by atoms with van der Waals surface area (Å²) in [5.41, 5.74) is 1.91. The van der Waals surface area contributed by atoms with Gasteiger partial charge in [0.2, 0.25) is 5.91 Å². The van der Waals surface area contributed by atoms with E-state index in [2.05, 4.69) is 33.6 Å². The van der Waals surface area contributed by atoms with E-state index in [1.165, 1.54) is 5.52 Å². The summed E-state index contributed by atoms with van der Waals surface area (Å²) in [6.45, 7) is 3.62. The van der Waals surface area contributed by atoms with E-state index in [0.29, 0.717) is 13.0 Å². The van der Waals surface area contributed by atoms with Crippen LogP contribution in [-0.4, -0.2) is 29.1 Å². The van der Waals surface area contributed by atoms with Gasteiger partial charge in [0.25, 0.3) is 0 Å². The Labute approximate surface area is 128 Å². The molecule has 0 bridgehead atoms. The van der Waals surface area contributed by atoms with E-state index in [1.54, 1.807) is 0 Å². The van der Waals surface area contributed by atoms with Crippen LogP contribution >= 0.6 is 0 Å². The third-order valence-corrected chi connectivity index (χ3v) is 3.81. The number of fused-ring (bicyclic) bond motifs is 1. The molecule has 0 saturated carbocycles. The summed E-state index contributed by atoms with van der Waals surface area (Å²) in [5, 5.41) is 9.41. The smallest absolute Gasteiger partial charge is 0.319 e. The first kappa shape index (κ1) is 14.4. The number of carbonyl (C=O) groups is 2. The van der Waals surface area contributed by atoms with Crippen LogP contribution in [0.4, 0.5) is 10.5 Å². The van der Waals surface area contributed by atoms with Crippen LogP contribution in [0.25, 0.3) is 10.9 Å². The van der Waals surface area contributed by atoms with E-state index in [1.807, 2.05) is 24.3 Å². The first-order valence-corrected chi connectivity index (χ1v) is 7.59. The Morgan fingerprint density at radius 3 is 3.00 bits per heavy atom. The van der Waals surface area contributed by atoms with Gasteiger partial charge in [-0.2, -0.15) is 0 Å². The first-order valence-electron chi connectivity index (χ1n) is 7.59. The van der Waals surface area contributed by atoms with Gasteiger partial charge in [-0.25, -0.2) is 4.79 Å². The Hall–Kier alpha value is -2.50. The van der Waals surface area contributed by atoms with Gasteiger partial charge in [0.15, 0.2) is 0 Å². The summed E-state index contributed by atoms with van der Waals surface area (Å²) in [4.78, 5) is 23.1. The van der Waals surface area contributed by atoms with Crippen molar-refractivity contribution in [1.82, 2.24) is 15.2 Å². The first-order chi connectivity index (χ1) is 10.7. The second-order valence-electron chi connectivity index (χ2n) is 5.59. The average molecular weight is 300 g/mol. The third-order valence-electron chi connectivity index (χ3n) is 3.81. The highest BCUT2D eigenvalue weighted by Gasteiger charge is 2.22. The highest BCUT2D eigenvalue weighted by Crippen LogP contribution is 2.21. The number of anilines is 1. The van der Waals surface area contributed by atoms with Gasteiger partial charge in [-0.15, -0.1) is 0 Å². The van der Waals surface area contributed by atoms with Gasteiger partial charge in [0.1, 0.15) is 0 Å². The van der Waals surface area contributed by atoms with Crippen molar-refractivity contribution in [3.63, 3.8) is 0 Å². The van der Waals surface area contributed by atoms with Crippen molar-refractivity contribution in [3.05, 3.63) is 30.5 Å². The Morgan fingerprint density at radius 1 is 1.41 bits per heavy atom. The van der Waals surface area contributed by atoms with Crippen LogP contribution < -0.4 is 16.0 Å². The topological polar surface area (TPSA) is 75.2 Å². The standard InChI is InChI=1S/C16H20N4O2/c1-2-6-20-7-5-11-8-12(3-4-14(11)20)18-16(22)19-13-9-15(21)17-10-13/h3-5,7-8,13H,2,6,9-10H2,1H3,(H,17,21)(H2,18,19,22)/t13-/m0/s1. The minimum absolute atomic E-state index is 0.0241. The van der Waals surface area contributed by atoms with Gasteiger partial charge in [0, 0.05) is 42.3 Å². The lowest BCUT2D eigenvalue weighted by Gasteiger charge is -2.12. The van der Waals surface area contributed by atoms with Crippen molar-refractivity contribution >= 4 is 28.5 Å². The normalized spacial score (nSPS) is 17.5. The third kappa shape index (κ3) is 3.05. The fraction of sp³-hybridized carbons (Fsp3) is 0.375. The van der Waals surface area contributed by atoms with Crippen LogP contribution in [-0.2, 0) is 11.3 Å². The van der Waals surface area contributed by atoms with E-state index in [-0.39, 0.29) is 18.0 Å². The molecule has 1 aliphatic rings. The molecule has 1 aromatic carbocycles. The number of nitrogens with zero attached hydrogens (tertiary/aromatic N) is 1. The predicted octanol–water partition coefficient (Wildman–Crippen LogP) is 2.06. The highest BCUT2D eigenvalue weighted by molar-refractivity contribution is 5.93. The molecule has 1 fully saturated rings. The lowest BCUT2D eigenvalue weighted by molar-refractivity contribution is -0.119. The maximum absolute atomic E-state index is 12.0. The van der Waals surface area contributed by atoms with E-state index < -0.39 is 0 Å². The zero-order valence-corrected chi connectivity index (χ0v) is 12.6. The summed E-state index contributed by atoms with van der Waals surface area (Å²) in [6, 6.07) is 7.50. The van der Waals surface area contributed by atoms with Crippen LogP contribution in [0.1, 0.15) is 19.8 Å². The maximum atomic E-state index is 12.0. The van der Waals surface area contributed by atoms with E-state index >= 15 is 0 Å². The molecule has 6 heteroatoms. The number of rotatable bonds is 4. The minimum atomic E-state index is -0.283. The van der Waals surface area contributed by atoms with Gasteiger partial charge >= 0.3 is 6.03 Å². The molecule has 0 spiro atoms. The molecule has 3 rings (SSSR count). The Kier molecular flexibility index (Phi) is 4.00. The molecule has 0 unspecified atom stereocenters. The van der Waals surface area contributed by atoms with Crippen LogP contribution in [0.5, 0.6) is 0 Å². The van der Waals surface area contributed by atoms with Crippen molar-refractivity contribution < 1.29 is 9.59 Å². The van der Waals surface area contributed by atoms with Gasteiger partial charge < -0.3 is 20.5 Å². The van der Waals surface area contributed by atoms with Crippen LogP contribution in [0.2, 0.25) is 0 Å². The number of carbonyl (C=O) groups excluding carboxylic acids is 2. The molecule has 1 saturated heterocycles. The fourth-order valence-electron chi connectivity index (χ4n) is 2.77. The van der Waals surface area contributed by atoms with Crippen LogP contribution in [0.3, 0.4) is 0 Å². The Balaban J connectivity index is 1.66. The molecule has 6 nitrogen and oxygen atoms in total. The van der Waals surface area contributed by atoms with Crippen molar-refractivity contribution in [2.45, 2.75) is 32.4 Å². The SMILES string of the molecule is CCCn1ccc2cc(NC(=O)N[C@@H]3CNC(=O)C3)ccc21. The molecular formula is C16H20N4O2.